The van der Waals surface area contributed by atoms with Crippen molar-refractivity contribution >= 4 is 43.5 Å². The van der Waals surface area contributed by atoms with Crippen LogP contribution in [0.15, 0.2) is 16.2 Å². The lowest BCUT2D eigenvalue weighted by atomic mass is 10.3. The predicted octanol–water partition coefficient (Wildman–Crippen LogP) is 2.24. The Hall–Kier alpha value is -1.01. The van der Waals surface area contributed by atoms with Gasteiger partial charge >= 0.3 is 5.97 Å². The maximum Gasteiger partial charge on any atom is 0.356 e. The van der Waals surface area contributed by atoms with Crippen molar-refractivity contribution in [3.63, 3.8) is 0 Å². The number of halogens is 1. The number of carbonyl (C=O) groups excluding carboxylic acids is 1. The summed E-state index contributed by atoms with van der Waals surface area (Å²) in [5, 5.41) is 0. The number of hydrogen-bond acceptors (Lipinski definition) is 5. The molecule has 0 atom stereocenters. The zero-order valence-electron chi connectivity index (χ0n) is 7.15. The first-order valence-electron chi connectivity index (χ1n) is 3.71. The molecule has 0 N–H and O–H groups in total. The van der Waals surface area contributed by atoms with Crippen molar-refractivity contribution < 1.29 is 9.53 Å². The second kappa shape index (κ2) is 3.62. The van der Waals surface area contributed by atoms with Gasteiger partial charge in [0.05, 0.1) is 18.0 Å². The van der Waals surface area contributed by atoms with Crippen molar-refractivity contribution in [3.05, 3.63) is 21.9 Å². The molecule has 2 rings (SSSR count). The van der Waals surface area contributed by atoms with Gasteiger partial charge in [-0.1, -0.05) is 0 Å². The minimum Gasteiger partial charge on any atom is -0.464 e. The van der Waals surface area contributed by atoms with Crippen molar-refractivity contribution in [1.29, 1.82) is 0 Å². The van der Waals surface area contributed by atoms with Gasteiger partial charge in [-0.25, -0.2) is 14.8 Å². The molecule has 0 saturated carbocycles. The molecule has 2 aromatic heterocycles. The second-order valence-electron chi connectivity index (χ2n) is 2.50. The number of hydrogen-bond donors (Lipinski definition) is 0. The summed E-state index contributed by atoms with van der Waals surface area (Å²) in [4.78, 5) is 19.3. The third-order valence-corrected chi connectivity index (χ3v) is 3.11. The monoisotopic (exact) mass is 272 g/mol. The first kappa shape index (κ1) is 9.54. The summed E-state index contributed by atoms with van der Waals surface area (Å²) in [6.45, 7) is 0. The first-order valence-corrected chi connectivity index (χ1v) is 5.32. The van der Waals surface area contributed by atoms with E-state index in [0.29, 0.717) is 5.69 Å². The third-order valence-electron chi connectivity index (χ3n) is 1.64. The summed E-state index contributed by atoms with van der Waals surface area (Å²) in [7, 11) is 1.33. The molecule has 2 aromatic rings. The maximum atomic E-state index is 11.2. The highest BCUT2D eigenvalue weighted by Gasteiger charge is 2.09. The number of aromatic nitrogens is 2. The van der Waals surface area contributed by atoms with E-state index in [1.165, 1.54) is 18.4 Å². The van der Waals surface area contributed by atoms with Crippen LogP contribution in [0.2, 0.25) is 0 Å². The van der Waals surface area contributed by atoms with Crippen molar-refractivity contribution in [3.8, 4) is 0 Å². The predicted molar refractivity (Wildman–Crippen MR) is 56.5 cm³/mol. The van der Waals surface area contributed by atoms with E-state index >= 15 is 0 Å². The normalized spacial score (nSPS) is 10.4. The lowest BCUT2D eigenvalue weighted by molar-refractivity contribution is 0.0594. The Labute approximate surface area is 92.1 Å². The van der Waals surface area contributed by atoms with E-state index in [1.807, 2.05) is 0 Å². The van der Waals surface area contributed by atoms with Gasteiger partial charge in [0, 0.05) is 0 Å². The highest BCUT2D eigenvalue weighted by molar-refractivity contribution is 9.11. The van der Waals surface area contributed by atoms with Gasteiger partial charge in [0.15, 0.2) is 3.92 Å². The van der Waals surface area contributed by atoms with Crippen molar-refractivity contribution in [1.82, 2.24) is 9.97 Å². The summed E-state index contributed by atoms with van der Waals surface area (Å²) < 4.78 is 6.25. The molecule has 4 nitrogen and oxygen atoms in total. The number of fused-ring (bicyclic) bond motifs is 1. The summed E-state index contributed by atoms with van der Waals surface area (Å²) >= 11 is 4.72. The molecule has 0 radical (unpaired) electrons. The average Bonchev–Trinajstić information content (AvgIpc) is 2.55. The van der Waals surface area contributed by atoms with Crippen LogP contribution >= 0.6 is 27.3 Å². The van der Waals surface area contributed by atoms with Gasteiger partial charge in [-0.2, -0.15) is 0 Å². The van der Waals surface area contributed by atoms with Gasteiger partial charge in [-0.05, 0) is 22.0 Å². The fourth-order valence-electron chi connectivity index (χ4n) is 1.02. The van der Waals surface area contributed by atoms with Gasteiger partial charge in [-0.15, -0.1) is 11.3 Å². The van der Waals surface area contributed by atoms with Gasteiger partial charge in [0.25, 0.3) is 0 Å². The highest BCUT2D eigenvalue weighted by Crippen LogP contribution is 2.25. The molecule has 14 heavy (non-hydrogen) atoms. The number of rotatable bonds is 1. The van der Waals surface area contributed by atoms with Crippen LogP contribution in [0, 0.1) is 0 Å². The number of esters is 1. The average molecular weight is 273 g/mol. The smallest absolute Gasteiger partial charge is 0.356 e. The number of methoxy groups -OCH3 is 1. The standard InChI is InChI=1S/C8H5BrN2O2S/c1-13-7(12)4-2-6-5(3-10-4)11-8(9)14-6/h2-3H,1H3. The molecule has 0 aliphatic heterocycles. The summed E-state index contributed by atoms with van der Waals surface area (Å²) in [6.07, 6.45) is 1.56. The van der Waals surface area contributed by atoms with E-state index < -0.39 is 5.97 Å². The van der Waals surface area contributed by atoms with Crippen molar-refractivity contribution in [2.24, 2.45) is 0 Å². The Kier molecular flexibility index (Phi) is 2.47. The highest BCUT2D eigenvalue weighted by atomic mass is 79.9. The number of carbonyl (C=O) groups is 1. The molecular weight excluding hydrogens is 268 g/mol. The molecule has 72 valence electrons. The number of ether oxygens (including phenoxy) is 1. The second-order valence-corrected chi connectivity index (χ2v) is 4.80. The largest absolute Gasteiger partial charge is 0.464 e. The molecule has 6 heteroatoms. The Morgan fingerprint density at radius 2 is 2.43 bits per heavy atom. The molecule has 0 fully saturated rings. The van der Waals surface area contributed by atoms with E-state index in [-0.39, 0.29) is 0 Å². The number of nitrogens with zero attached hydrogens (tertiary/aromatic N) is 2. The number of thiazole rings is 1. The zero-order chi connectivity index (χ0) is 10.1. The van der Waals surface area contributed by atoms with E-state index in [1.54, 1.807) is 12.3 Å². The molecule has 0 amide bonds. The van der Waals surface area contributed by atoms with Gasteiger partial charge in [-0.3, -0.25) is 0 Å². The SMILES string of the molecule is COC(=O)c1cc2sc(Br)nc2cn1. The van der Waals surface area contributed by atoms with Crippen LogP contribution < -0.4 is 0 Å². The Morgan fingerprint density at radius 3 is 3.14 bits per heavy atom. The van der Waals surface area contributed by atoms with Gasteiger partial charge < -0.3 is 4.74 Å². The van der Waals surface area contributed by atoms with Crippen LogP contribution in [0.5, 0.6) is 0 Å². The van der Waals surface area contributed by atoms with Gasteiger partial charge in [0.1, 0.15) is 11.2 Å². The van der Waals surface area contributed by atoms with Crippen LogP contribution in [0.4, 0.5) is 0 Å². The summed E-state index contributed by atoms with van der Waals surface area (Å²) in [6, 6.07) is 1.67. The van der Waals surface area contributed by atoms with Crippen LogP contribution in [-0.2, 0) is 4.74 Å². The molecule has 0 bridgehead atoms. The lowest BCUT2D eigenvalue weighted by Gasteiger charge is -1.96. The Balaban J connectivity index is 2.55. The molecule has 0 aliphatic carbocycles. The number of pyridine rings is 1. The fraction of sp³-hybridized carbons (Fsp3) is 0.125. The zero-order valence-corrected chi connectivity index (χ0v) is 9.55. The summed E-state index contributed by atoms with van der Waals surface area (Å²) in [5.41, 5.74) is 1.07. The topological polar surface area (TPSA) is 52.1 Å². The Bertz CT molecular complexity index is 497. The van der Waals surface area contributed by atoms with E-state index in [9.17, 15) is 4.79 Å². The molecule has 0 saturated heterocycles. The van der Waals surface area contributed by atoms with Crippen LogP contribution in [0.3, 0.4) is 0 Å². The van der Waals surface area contributed by atoms with Crippen LogP contribution in [-0.4, -0.2) is 23.0 Å². The Morgan fingerprint density at radius 1 is 1.64 bits per heavy atom. The minimum atomic E-state index is -0.434. The van der Waals surface area contributed by atoms with Gasteiger partial charge in [0.2, 0.25) is 0 Å². The molecule has 0 unspecified atom stereocenters. The minimum absolute atomic E-state index is 0.302. The summed E-state index contributed by atoms with van der Waals surface area (Å²) in [5.74, 6) is -0.434. The van der Waals surface area contributed by atoms with Crippen molar-refractivity contribution in [2.75, 3.05) is 7.11 Å². The molecule has 0 aromatic carbocycles. The van der Waals surface area contributed by atoms with E-state index in [0.717, 1.165) is 14.1 Å². The molecule has 2 heterocycles. The van der Waals surface area contributed by atoms with E-state index in [2.05, 4.69) is 30.6 Å². The van der Waals surface area contributed by atoms with Crippen molar-refractivity contribution in [2.45, 2.75) is 0 Å². The molecular formula is C8H5BrN2O2S. The van der Waals surface area contributed by atoms with Crippen LogP contribution in [0.1, 0.15) is 10.5 Å². The lowest BCUT2D eigenvalue weighted by Crippen LogP contribution is -2.03. The first-order chi connectivity index (χ1) is 6.70. The quantitative estimate of drug-likeness (QED) is 0.748. The fourth-order valence-corrected chi connectivity index (χ4v) is 2.43. The maximum absolute atomic E-state index is 11.2. The third kappa shape index (κ3) is 1.62. The van der Waals surface area contributed by atoms with Crippen LogP contribution in [0.25, 0.3) is 10.2 Å². The van der Waals surface area contributed by atoms with E-state index in [4.69, 9.17) is 0 Å². The molecule has 0 aliphatic rings. The molecule has 0 spiro atoms.